The summed E-state index contributed by atoms with van der Waals surface area (Å²) in [6.45, 7) is 4.47. The summed E-state index contributed by atoms with van der Waals surface area (Å²) in [5.41, 5.74) is 0.0342. The summed E-state index contributed by atoms with van der Waals surface area (Å²) < 4.78 is 5.34. The van der Waals surface area contributed by atoms with Crippen molar-refractivity contribution in [1.82, 2.24) is 4.98 Å². The number of nitrogens with zero attached hydrogens (tertiary/aromatic N) is 1. The molecule has 6 heteroatoms. The number of carboxylic acid groups (broad SMARTS) is 1. The normalized spacial score (nSPS) is 18.0. The zero-order valence-electron chi connectivity index (χ0n) is 10.8. The molecule has 2 N–H and O–H groups in total. The van der Waals surface area contributed by atoms with Gasteiger partial charge in [0, 0.05) is 19.8 Å². The van der Waals surface area contributed by atoms with Crippen LogP contribution in [0.25, 0.3) is 0 Å². The summed E-state index contributed by atoms with van der Waals surface area (Å²) in [7, 11) is 0. The molecule has 0 radical (unpaired) electrons. The predicted octanol–water partition coefficient (Wildman–Crippen LogP) is 2.66. The van der Waals surface area contributed by atoms with Crippen molar-refractivity contribution < 1.29 is 14.6 Å². The molecule has 0 spiro atoms. The van der Waals surface area contributed by atoms with Crippen molar-refractivity contribution in [3.63, 3.8) is 0 Å². The molecule has 0 amide bonds. The fraction of sp³-hybridized carbons (Fsp3) is 0.538. The molecule has 0 saturated carbocycles. The van der Waals surface area contributed by atoms with Crippen LogP contribution >= 0.6 is 11.6 Å². The second-order valence-electron chi connectivity index (χ2n) is 5.11. The van der Waals surface area contributed by atoms with Gasteiger partial charge in [0.25, 0.3) is 0 Å². The molecule has 0 atom stereocenters. The SMILES string of the molecule is CC1(CNc2ccc(Cl)c(C(=O)O)n2)CCOCC1. The second kappa shape index (κ2) is 5.75. The van der Waals surface area contributed by atoms with Gasteiger partial charge in [0.05, 0.1) is 5.02 Å². The minimum Gasteiger partial charge on any atom is -0.476 e. The van der Waals surface area contributed by atoms with Crippen LogP contribution in [0.3, 0.4) is 0 Å². The van der Waals surface area contributed by atoms with Crippen LogP contribution < -0.4 is 5.32 Å². The minimum absolute atomic E-state index is 0.121. The van der Waals surface area contributed by atoms with E-state index >= 15 is 0 Å². The van der Waals surface area contributed by atoms with Crippen LogP contribution in [-0.2, 0) is 4.74 Å². The van der Waals surface area contributed by atoms with Crippen molar-refractivity contribution in [1.29, 1.82) is 0 Å². The van der Waals surface area contributed by atoms with E-state index in [1.54, 1.807) is 12.1 Å². The number of hydrogen-bond acceptors (Lipinski definition) is 4. The third-order valence-electron chi connectivity index (χ3n) is 3.44. The first-order chi connectivity index (χ1) is 9.00. The Labute approximate surface area is 116 Å². The Bertz CT molecular complexity index is 473. The van der Waals surface area contributed by atoms with Crippen LogP contribution in [0, 0.1) is 5.41 Å². The quantitative estimate of drug-likeness (QED) is 0.889. The molecule has 0 unspecified atom stereocenters. The zero-order valence-corrected chi connectivity index (χ0v) is 11.5. The Morgan fingerprint density at radius 2 is 2.21 bits per heavy atom. The van der Waals surface area contributed by atoms with E-state index in [9.17, 15) is 4.79 Å². The Morgan fingerprint density at radius 3 is 2.84 bits per heavy atom. The molecule has 0 aliphatic carbocycles. The van der Waals surface area contributed by atoms with Crippen molar-refractivity contribution in [2.24, 2.45) is 5.41 Å². The number of anilines is 1. The first-order valence-electron chi connectivity index (χ1n) is 6.22. The third kappa shape index (κ3) is 3.58. The highest BCUT2D eigenvalue weighted by atomic mass is 35.5. The first-order valence-corrected chi connectivity index (χ1v) is 6.59. The van der Waals surface area contributed by atoms with Crippen LogP contribution in [-0.4, -0.2) is 35.8 Å². The van der Waals surface area contributed by atoms with Gasteiger partial charge in [-0.15, -0.1) is 0 Å². The highest BCUT2D eigenvalue weighted by Crippen LogP contribution is 2.30. The summed E-state index contributed by atoms with van der Waals surface area (Å²) in [5.74, 6) is -0.583. The molecule has 1 aromatic heterocycles. The molecule has 5 nitrogen and oxygen atoms in total. The summed E-state index contributed by atoms with van der Waals surface area (Å²) in [6, 6.07) is 3.24. The number of aromatic nitrogens is 1. The Kier molecular flexibility index (Phi) is 4.27. The Morgan fingerprint density at radius 1 is 1.53 bits per heavy atom. The van der Waals surface area contributed by atoms with Crippen LogP contribution in [0.2, 0.25) is 5.02 Å². The lowest BCUT2D eigenvalue weighted by molar-refractivity contribution is 0.0300. The Hall–Kier alpha value is -1.33. The van der Waals surface area contributed by atoms with Crippen molar-refractivity contribution in [2.75, 3.05) is 25.1 Å². The second-order valence-corrected chi connectivity index (χ2v) is 5.52. The number of carbonyl (C=O) groups is 1. The van der Waals surface area contributed by atoms with Gasteiger partial charge in [-0.2, -0.15) is 0 Å². The molecule has 19 heavy (non-hydrogen) atoms. The number of pyridine rings is 1. The average molecular weight is 285 g/mol. The zero-order chi connectivity index (χ0) is 13.9. The number of aromatic carboxylic acids is 1. The molecular formula is C13H17ClN2O3. The molecule has 0 bridgehead atoms. The van der Waals surface area contributed by atoms with Gasteiger partial charge in [0.1, 0.15) is 5.82 Å². The summed E-state index contributed by atoms with van der Waals surface area (Å²) in [6.07, 6.45) is 1.97. The molecule has 2 rings (SSSR count). The molecule has 104 valence electrons. The lowest BCUT2D eigenvalue weighted by Crippen LogP contribution is -2.33. The van der Waals surface area contributed by atoms with E-state index in [0.29, 0.717) is 5.82 Å². The molecule has 2 heterocycles. The Balaban J connectivity index is 2.03. The van der Waals surface area contributed by atoms with Crippen molar-refractivity contribution in [3.05, 3.63) is 22.8 Å². The fourth-order valence-corrected chi connectivity index (χ4v) is 2.22. The number of rotatable bonds is 4. The van der Waals surface area contributed by atoms with Gasteiger partial charge in [-0.1, -0.05) is 18.5 Å². The molecule has 1 fully saturated rings. The van der Waals surface area contributed by atoms with Gasteiger partial charge in [-0.25, -0.2) is 9.78 Å². The van der Waals surface area contributed by atoms with Gasteiger partial charge in [-0.05, 0) is 30.4 Å². The maximum Gasteiger partial charge on any atom is 0.356 e. The molecular weight excluding hydrogens is 268 g/mol. The van der Waals surface area contributed by atoms with E-state index in [1.807, 2.05) is 0 Å². The largest absolute Gasteiger partial charge is 0.476 e. The average Bonchev–Trinajstić information content (AvgIpc) is 2.38. The van der Waals surface area contributed by atoms with Crippen molar-refractivity contribution in [3.8, 4) is 0 Å². The number of halogens is 1. The topological polar surface area (TPSA) is 71.5 Å². The van der Waals surface area contributed by atoms with E-state index in [0.717, 1.165) is 32.6 Å². The molecule has 0 aromatic carbocycles. The van der Waals surface area contributed by atoms with E-state index in [-0.39, 0.29) is 16.1 Å². The van der Waals surface area contributed by atoms with Gasteiger partial charge in [0.15, 0.2) is 5.69 Å². The van der Waals surface area contributed by atoms with Crippen LogP contribution in [0.5, 0.6) is 0 Å². The monoisotopic (exact) mass is 284 g/mol. The maximum atomic E-state index is 11.0. The summed E-state index contributed by atoms with van der Waals surface area (Å²) in [4.78, 5) is 15.0. The van der Waals surface area contributed by atoms with Crippen LogP contribution in [0.4, 0.5) is 5.82 Å². The van der Waals surface area contributed by atoms with E-state index in [1.165, 1.54) is 0 Å². The molecule has 1 saturated heterocycles. The number of hydrogen-bond donors (Lipinski definition) is 2. The van der Waals surface area contributed by atoms with Gasteiger partial charge in [-0.3, -0.25) is 0 Å². The predicted molar refractivity (Wildman–Crippen MR) is 72.9 cm³/mol. The van der Waals surface area contributed by atoms with E-state index < -0.39 is 5.97 Å². The lowest BCUT2D eigenvalue weighted by atomic mass is 9.82. The van der Waals surface area contributed by atoms with Gasteiger partial charge in [0.2, 0.25) is 0 Å². The first kappa shape index (κ1) is 14.1. The lowest BCUT2D eigenvalue weighted by Gasteiger charge is -2.33. The number of ether oxygens (including phenoxy) is 1. The summed E-state index contributed by atoms with van der Waals surface area (Å²) >= 11 is 5.78. The third-order valence-corrected chi connectivity index (χ3v) is 3.75. The molecule has 1 aromatic rings. The van der Waals surface area contributed by atoms with Crippen molar-refractivity contribution in [2.45, 2.75) is 19.8 Å². The van der Waals surface area contributed by atoms with Crippen molar-refractivity contribution >= 4 is 23.4 Å². The fourth-order valence-electron chi connectivity index (χ4n) is 2.04. The summed E-state index contributed by atoms with van der Waals surface area (Å²) in [5, 5.41) is 12.3. The maximum absolute atomic E-state index is 11.0. The van der Waals surface area contributed by atoms with Crippen LogP contribution in [0.1, 0.15) is 30.3 Å². The molecule has 1 aliphatic rings. The smallest absolute Gasteiger partial charge is 0.356 e. The minimum atomic E-state index is -1.12. The van der Waals surface area contributed by atoms with E-state index in [4.69, 9.17) is 21.4 Å². The van der Waals surface area contributed by atoms with E-state index in [2.05, 4.69) is 17.2 Å². The number of nitrogens with one attached hydrogen (secondary N) is 1. The highest BCUT2D eigenvalue weighted by molar-refractivity contribution is 6.33. The molecule has 1 aliphatic heterocycles. The highest BCUT2D eigenvalue weighted by Gasteiger charge is 2.27. The van der Waals surface area contributed by atoms with Crippen LogP contribution in [0.15, 0.2) is 12.1 Å². The number of carboxylic acids is 1. The van der Waals surface area contributed by atoms with Gasteiger partial charge >= 0.3 is 5.97 Å². The standard InChI is InChI=1S/C13H17ClN2O3/c1-13(4-6-19-7-5-13)8-15-10-3-2-9(14)11(16-10)12(17)18/h2-3H,4-8H2,1H3,(H,15,16)(H,17,18). The van der Waals surface area contributed by atoms with Gasteiger partial charge < -0.3 is 15.2 Å².